The summed E-state index contributed by atoms with van der Waals surface area (Å²) in [5, 5.41) is 17.2. The van der Waals surface area contributed by atoms with E-state index in [9.17, 15) is 19.2 Å². The second-order valence-corrected chi connectivity index (χ2v) is 8.53. The van der Waals surface area contributed by atoms with E-state index >= 15 is 0 Å². The molecule has 0 unspecified atom stereocenters. The molecule has 4 aromatic rings. The zero-order valence-corrected chi connectivity index (χ0v) is 20.6. The maximum Gasteiger partial charge on any atom is 0.337 e. The van der Waals surface area contributed by atoms with Gasteiger partial charge in [-0.3, -0.25) is 14.4 Å². The maximum absolute atomic E-state index is 13.1. The molecule has 9 heteroatoms. The summed E-state index contributed by atoms with van der Waals surface area (Å²) in [5.41, 5.74) is 3.19. The third-order valence-corrected chi connectivity index (χ3v) is 5.74. The second kappa shape index (κ2) is 11.2. The van der Waals surface area contributed by atoms with Crippen LogP contribution in [0.3, 0.4) is 0 Å². The van der Waals surface area contributed by atoms with Gasteiger partial charge in [0.2, 0.25) is 0 Å². The van der Waals surface area contributed by atoms with E-state index in [4.69, 9.17) is 5.11 Å². The fourth-order valence-corrected chi connectivity index (χ4v) is 3.74. The average molecular weight is 509 g/mol. The molecule has 1 heterocycles. The molecule has 4 N–H and O–H groups in total. The number of rotatable bonds is 7. The van der Waals surface area contributed by atoms with E-state index in [0.717, 1.165) is 17.3 Å². The Morgan fingerprint density at radius 2 is 1.16 bits per heavy atom. The predicted molar refractivity (Wildman–Crippen MR) is 144 cm³/mol. The monoisotopic (exact) mass is 508 g/mol. The van der Waals surface area contributed by atoms with Gasteiger partial charge in [-0.05, 0) is 67.4 Å². The number of pyridine rings is 1. The molecular formula is C29H24N4O5. The number of aromatic carboxylic acids is 1. The van der Waals surface area contributed by atoms with Gasteiger partial charge >= 0.3 is 5.97 Å². The molecular weight excluding hydrogens is 484 g/mol. The zero-order chi connectivity index (χ0) is 27.2. The number of nitrogens with one attached hydrogen (secondary N) is 3. The molecule has 0 aliphatic rings. The van der Waals surface area contributed by atoms with E-state index in [2.05, 4.69) is 20.9 Å². The minimum atomic E-state index is -1.14. The number of aromatic nitrogens is 1. The number of anilines is 3. The van der Waals surface area contributed by atoms with Crippen LogP contribution < -0.4 is 16.0 Å². The van der Waals surface area contributed by atoms with Crippen molar-refractivity contribution in [2.24, 2.45) is 0 Å². The van der Waals surface area contributed by atoms with Crippen LogP contribution in [0.1, 0.15) is 52.6 Å². The zero-order valence-electron chi connectivity index (χ0n) is 20.6. The lowest BCUT2D eigenvalue weighted by Gasteiger charge is -2.14. The van der Waals surface area contributed by atoms with Crippen molar-refractivity contribution in [3.8, 4) is 0 Å². The SMILES string of the molecule is Cc1ccccc1C(=O)Nc1cc(NC(=O)c2ccccc2C)cc(C(=O)Nc2ccc(C(=O)O)cn2)c1. The molecule has 0 spiro atoms. The summed E-state index contributed by atoms with van der Waals surface area (Å²) in [6.07, 6.45) is 1.13. The molecule has 0 radical (unpaired) electrons. The summed E-state index contributed by atoms with van der Waals surface area (Å²) in [5.74, 6) is -2.31. The number of carbonyl (C=O) groups excluding carboxylic acids is 3. The summed E-state index contributed by atoms with van der Waals surface area (Å²) >= 11 is 0. The van der Waals surface area contributed by atoms with Gasteiger partial charge in [0.1, 0.15) is 5.82 Å². The Labute approximate surface area is 218 Å². The Hall–Kier alpha value is -5.31. The number of carbonyl (C=O) groups is 4. The number of carboxylic acids is 1. The molecule has 0 saturated carbocycles. The van der Waals surface area contributed by atoms with Crippen molar-refractivity contribution >= 4 is 40.9 Å². The Morgan fingerprint density at radius 3 is 1.61 bits per heavy atom. The number of nitrogens with zero attached hydrogens (tertiary/aromatic N) is 1. The molecule has 38 heavy (non-hydrogen) atoms. The number of benzene rings is 3. The number of amides is 3. The summed E-state index contributed by atoms with van der Waals surface area (Å²) in [4.78, 5) is 53.9. The summed E-state index contributed by atoms with van der Waals surface area (Å²) in [7, 11) is 0. The van der Waals surface area contributed by atoms with Crippen LogP contribution in [-0.2, 0) is 0 Å². The van der Waals surface area contributed by atoms with E-state index in [0.29, 0.717) is 22.5 Å². The van der Waals surface area contributed by atoms with Crippen LogP contribution in [0.15, 0.2) is 85.1 Å². The van der Waals surface area contributed by atoms with E-state index < -0.39 is 11.9 Å². The number of hydrogen-bond acceptors (Lipinski definition) is 5. The van der Waals surface area contributed by atoms with Crippen molar-refractivity contribution in [3.05, 3.63) is 118 Å². The molecule has 190 valence electrons. The van der Waals surface area contributed by atoms with Gasteiger partial charge < -0.3 is 21.1 Å². The van der Waals surface area contributed by atoms with Crippen molar-refractivity contribution in [2.75, 3.05) is 16.0 Å². The molecule has 1 aromatic heterocycles. The second-order valence-electron chi connectivity index (χ2n) is 8.53. The highest BCUT2D eigenvalue weighted by Crippen LogP contribution is 2.23. The minimum Gasteiger partial charge on any atom is -0.478 e. The molecule has 0 bridgehead atoms. The first-order valence-corrected chi connectivity index (χ1v) is 11.6. The fraction of sp³-hybridized carbons (Fsp3) is 0.0690. The first-order chi connectivity index (χ1) is 18.2. The number of aryl methyl sites for hydroxylation is 2. The molecule has 0 atom stereocenters. The summed E-state index contributed by atoms with van der Waals surface area (Å²) in [6, 6.07) is 21.4. The smallest absolute Gasteiger partial charge is 0.337 e. The van der Waals surface area contributed by atoms with Crippen LogP contribution >= 0.6 is 0 Å². The molecule has 0 fully saturated rings. The first kappa shape index (κ1) is 25.8. The largest absolute Gasteiger partial charge is 0.478 e. The molecule has 0 aliphatic carbocycles. The fourth-order valence-electron chi connectivity index (χ4n) is 3.74. The van der Waals surface area contributed by atoms with Gasteiger partial charge in [0, 0.05) is 34.3 Å². The highest BCUT2D eigenvalue weighted by Gasteiger charge is 2.16. The lowest BCUT2D eigenvalue weighted by Crippen LogP contribution is -2.18. The normalized spacial score (nSPS) is 10.4. The lowest BCUT2D eigenvalue weighted by molar-refractivity contribution is 0.0696. The Kier molecular flexibility index (Phi) is 7.58. The quantitative estimate of drug-likeness (QED) is 0.272. The van der Waals surface area contributed by atoms with Crippen molar-refractivity contribution in [3.63, 3.8) is 0 Å². The van der Waals surface area contributed by atoms with Gasteiger partial charge in [0.15, 0.2) is 0 Å². The van der Waals surface area contributed by atoms with Gasteiger partial charge in [0.25, 0.3) is 17.7 Å². The lowest BCUT2D eigenvalue weighted by atomic mass is 10.1. The van der Waals surface area contributed by atoms with Gasteiger partial charge in [-0.1, -0.05) is 36.4 Å². The van der Waals surface area contributed by atoms with E-state index in [-0.39, 0.29) is 28.8 Å². The van der Waals surface area contributed by atoms with Gasteiger partial charge in [-0.25, -0.2) is 9.78 Å². The van der Waals surface area contributed by atoms with Crippen LogP contribution in [0.5, 0.6) is 0 Å². The van der Waals surface area contributed by atoms with E-state index in [1.807, 2.05) is 38.1 Å². The van der Waals surface area contributed by atoms with Crippen LogP contribution in [-0.4, -0.2) is 33.8 Å². The standard InChI is InChI=1S/C29H24N4O5/c1-17-7-3-5-9-23(17)27(35)31-21-13-20(26(34)33-25-12-11-19(16-30-25)29(37)38)14-22(15-21)32-28(36)24-10-6-4-8-18(24)2/h3-16H,1-2H3,(H,31,35)(H,32,36)(H,37,38)(H,30,33,34). The highest BCUT2D eigenvalue weighted by atomic mass is 16.4. The first-order valence-electron chi connectivity index (χ1n) is 11.6. The molecule has 3 amide bonds. The topological polar surface area (TPSA) is 137 Å². The predicted octanol–water partition coefficient (Wildman–Crippen LogP) is 5.15. The highest BCUT2D eigenvalue weighted by molar-refractivity contribution is 6.10. The third kappa shape index (κ3) is 6.08. The van der Waals surface area contributed by atoms with Crippen molar-refractivity contribution in [1.29, 1.82) is 0 Å². The maximum atomic E-state index is 13.1. The molecule has 4 rings (SSSR count). The molecule has 3 aromatic carbocycles. The van der Waals surface area contributed by atoms with E-state index in [1.165, 1.54) is 24.3 Å². The average Bonchev–Trinajstić information content (AvgIpc) is 2.89. The number of hydrogen-bond donors (Lipinski definition) is 4. The third-order valence-electron chi connectivity index (χ3n) is 5.74. The van der Waals surface area contributed by atoms with Gasteiger partial charge in [-0.2, -0.15) is 0 Å². The van der Waals surface area contributed by atoms with Crippen LogP contribution in [0.25, 0.3) is 0 Å². The van der Waals surface area contributed by atoms with Crippen LogP contribution in [0.2, 0.25) is 0 Å². The minimum absolute atomic E-state index is 0.0230. The van der Waals surface area contributed by atoms with Crippen molar-refractivity contribution in [1.82, 2.24) is 4.98 Å². The van der Waals surface area contributed by atoms with Crippen LogP contribution in [0.4, 0.5) is 17.2 Å². The Morgan fingerprint density at radius 1 is 0.632 bits per heavy atom. The Bertz CT molecular complexity index is 1470. The van der Waals surface area contributed by atoms with Crippen LogP contribution in [0, 0.1) is 13.8 Å². The molecule has 9 nitrogen and oxygen atoms in total. The van der Waals surface area contributed by atoms with Crippen molar-refractivity contribution < 1.29 is 24.3 Å². The Balaban J connectivity index is 1.64. The van der Waals surface area contributed by atoms with Crippen molar-refractivity contribution in [2.45, 2.75) is 13.8 Å². The van der Waals surface area contributed by atoms with Gasteiger partial charge in [-0.15, -0.1) is 0 Å². The van der Waals surface area contributed by atoms with Gasteiger partial charge in [0.05, 0.1) is 5.56 Å². The molecule has 0 aliphatic heterocycles. The summed E-state index contributed by atoms with van der Waals surface area (Å²) in [6.45, 7) is 3.63. The molecule has 0 saturated heterocycles. The summed E-state index contributed by atoms with van der Waals surface area (Å²) < 4.78 is 0. The van der Waals surface area contributed by atoms with E-state index in [1.54, 1.807) is 30.3 Å². The number of carboxylic acid groups (broad SMARTS) is 1.